The van der Waals surface area contributed by atoms with E-state index in [1.54, 1.807) is 14.0 Å². The molecular weight excluding hydrogens is 244 g/mol. The number of carbonyl (C=O) groups is 1. The van der Waals surface area contributed by atoms with Crippen molar-refractivity contribution >= 4 is 5.97 Å². The van der Waals surface area contributed by atoms with Crippen molar-refractivity contribution in [3.8, 4) is 11.5 Å². The maximum absolute atomic E-state index is 11.3. The minimum atomic E-state index is -0.177. The van der Waals surface area contributed by atoms with Crippen LogP contribution >= 0.6 is 0 Å². The van der Waals surface area contributed by atoms with Crippen LogP contribution in [0, 0.1) is 0 Å². The zero-order valence-electron chi connectivity index (χ0n) is 12.1. The number of aryl methyl sites for hydroxylation is 1. The summed E-state index contributed by atoms with van der Waals surface area (Å²) < 4.78 is 15.8. The van der Waals surface area contributed by atoms with E-state index in [-0.39, 0.29) is 12.1 Å². The van der Waals surface area contributed by atoms with Crippen LogP contribution in [0.1, 0.15) is 32.8 Å². The van der Waals surface area contributed by atoms with Crippen molar-refractivity contribution in [1.29, 1.82) is 0 Å². The van der Waals surface area contributed by atoms with Gasteiger partial charge in [0.15, 0.2) is 11.5 Å². The van der Waals surface area contributed by atoms with Crippen molar-refractivity contribution in [3.63, 3.8) is 0 Å². The molecule has 0 amide bonds. The molecule has 0 atom stereocenters. The normalized spacial score (nSPS) is 10.4. The first-order valence-electron chi connectivity index (χ1n) is 6.56. The number of carbonyl (C=O) groups excluding carboxylic acids is 1. The lowest BCUT2D eigenvalue weighted by atomic mass is 10.1. The molecule has 0 aromatic heterocycles. The molecule has 0 saturated carbocycles. The zero-order chi connectivity index (χ0) is 14.3. The van der Waals surface area contributed by atoms with E-state index in [4.69, 9.17) is 14.2 Å². The summed E-state index contributed by atoms with van der Waals surface area (Å²) in [5, 5.41) is 0. The van der Waals surface area contributed by atoms with Gasteiger partial charge in [0.25, 0.3) is 0 Å². The van der Waals surface area contributed by atoms with Crippen molar-refractivity contribution in [1.82, 2.24) is 0 Å². The third-order valence-corrected chi connectivity index (χ3v) is 2.51. The van der Waals surface area contributed by atoms with Crippen molar-refractivity contribution in [2.24, 2.45) is 0 Å². The molecule has 106 valence electrons. The molecule has 4 nitrogen and oxygen atoms in total. The van der Waals surface area contributed by atoms with Gasteiger partial charge in [0, 0.05) is 6.42 Å². The molecule has 19 heavy (non-hydrogen) atoms. The van der Waals surface area contributed by atoms with E-state index in [1.165, 1.54) is 0 Å². The highest BCUT2D eigenvalue weighted by Crippen LogP contribution is 2.29. The number of esters is 1. The van der Waals surface area contributed by atoms with Crippen LogP contribution < -0.4 is 9.47 Å². The molecule has 0 aliphatic heterocycles. The van der Waals surface area contributed by atoms with Gasteiger partial charge >= 0.3 is 5.97 Å². The number of ether oxygens (including phenoxy) is 3. The fraction of sp³-hybridized carbons (Fsp3) is 0.533. The Hall–Kier alpha value is -1.71. The SMILES string of the molecule is CCOC(=O)CCc1ccc(OC(C)C)c(OC)c1. The molecule has 0 saturated heterocycles. The van der Waals surface area contributed by atoms with Crippen molar-refractivity contribution < 1.29 is 19.0 Å². The van der Waals surface area contributed by atoms with Crippen LogP contribution in [0.15, 0.2) is 18.2 Å². The van der Waals surface area contributed by atoms with Gasteiger partial charge in [-0.15, -0.1) is 0 Å². The molecular formula is C15H22O4. The van der Waals surface area contributed by atoms with E-state index >= 15 is 0 Å². The summed E-state index contributed by atoms with van der Waals surface area (Å²) in [5.41, 5.74) is 1.03. The molecule has 4 heteroatoms. The van der Waals surface area contributed by atoms with Gasteiger partial charge in [-0.05, 0) is 44.9 Å². The summed E-state index contributed by atoms with van der Waals surface area (Å²) in [5.74, 6) is 1.23. The Morgan fingerprint density at radius 1 is 1.26 bits per heavy atom. The molecule has 1 rings (SSSR count). The molecule has 0 spiro atoms. The predicted octanol–water partition coefficient (Wildman–Crippen LogP) is 2.98. The van der Waals surface area contributed by atoms with Gasteiger partial charge in [0.1, 0.15) is 0 Å². The van der Waals surface area contributed by atoms with Crippen LogP contribution in [0.2, 0.25) is 0 Å². The lowest BCUT2D eigenvalue weighted by molar-refractivity contribution is -0.143. The number of hydrogen-bond donors (Lipinski definition) is 0. The molecule has 0 heterocycles. The largest absolute Gasteiger partial charge is 0.493 e. The average molecular weight is 266 g/mol. The fourth-order valence-corrected chi connectivity index (χ4v) is 1.70. The second-order valence-electron chi connectivity index (χ2n) is 4.46. The first-order chi connectivity index (χ1) is 9.06. The highest BCUT2D eigenvalue weighted by molar-refractivity contribution is 5.69. The van der Waals surface area contributed by atoms with Gasteiger partial charge < -0.3 is 14.2 Å². The Labute approximate surface area is 114 Å². The van der Waals surface area contributed by atoms with Crippen LogP contribution in [-0.4, -0.2) is 25.8 Å². The fourth-order valence-electron chi connectivity index (χ4n) is 1.70. The lowest BCUT2D eigenvalue weighted by Crippen LogP contribution is -2.07. The van der Waals surface area contributed by atoms with Gasteiger partial charge in [-0.1, -0.05) is 6.07 Å². The molecule has 0 N–H and O–H groups in total. The predicted molar refractivity (Wildman–Crippen MR) is 73.7 cm³/mol. The van der Waals surface area contributed by atoms with Gasteiger partial charge in [-0.3, -0.25) is 4.79 Å². The summed E-state index contributed by atoms with van der Waals surface area (Å²) in [4.78, 5) is 11.3. The molecule has 0 unspecified atom stereocenters. The van der Waals surface area contributed by atoms with E-state index < -0.39 is 0 Å². The number of benzene rings is 1. The summed E-state index contributed by atoms with van der Waals surface area (Å²) in [7, 11) is 1.61. The Balaban J connectivity index is 2.68. The van der Waals surface area contributed by atoms with Gasteiger partial charge in [-0.25, -0.2) is 0 Å². The van der Waals surface area contributed by atoms with Crippen LogP contribution in [0.3, 0.4) is 0 Å². The smallest absolute Gasteiger partial charge is 0.306 e. The standard InChI is InChI=1S/C15H22O4/c1-5-18-15(16)9-7-12-6-8-13(19-11(2)3)14(10-12)17-4/h6,8,10-11H,5,7,9H2,1-4H3. The average Bonchev–Trinajstić information content (AvgIpc) is 2.37. The van der Waals surface area contributed by atoms with Crippen LogP contribution in [0.5, 0.6) is 11.5 Å². The van der Waals surface area contributed by atoms with Gasteiger partial charge in [0.2, 0.25) is 0 Å². The quantitative estimate of drug-likeness (QED) is 0.712. The molecule has 0 aliphatic rings. The maximum atomic E-state index is 11.3. The zero-order valence-corrected chi connectivity index (χ0v) is 12.1. The van der Waals surface area contributed by atoms with E-state index in [1.807, 2.05) is 32.0 Å². The second-order valence-corrected chi connectivity index (χ2v) is 4.46. The van der Waals surface area contributed by atoms with E-state index in [9.17, 15) is 4.79 Å². The first-order valence-corrected chi connectivity index (χ1v) is 6.56. The van der Waals surface area contributed by atoms with Gasteiger partial charge in [-0.2, -0.15) is 0 Å². The summed E-state index contributed by atoms with van der Waals surface area (Å²) in [6.07, 6.45) is 1.11. The Morgan fingerprint density at radius 2 is 2.00 bits per heavy atom. The summed E-state index contributed by atoms with van der Waals surface area (Å²) in [6, 6.07) is 5.72. The molecule has 0 aliphatic carbocycles. The second kappa shape index (κ2) is 7.67. The lowest BCUT2D eigenvalue weighted by Gasteiger charge is -2.14. The monoisotopic (exact) mass is 266 g/mol. The number of methoxy groups -OCH3 is 1. The molecule has 0 bridgehead atoms. The summed E-state index contributed by atoms with van der Waals surface area (Å²) in [6.45, 7) is 6.16. The highest BCUT2D eigenvalue weighted by Gasteiger charge is 2.09. The molecule has 0 fully saturated rings. The highest BCUT2D eigenvalue weighted by atomic mass is 16.5. The van der Waals surface area contributed by atoms with E-state index in [0.29, 0.717) is 25.2 Å². The first kappa shape index (κ1) is 15.3. The minimum Gasteiger partial charge on any atom is -0.493 e. The van der Waals surface area contributed by atoms with Crippen molar-refractivity contribution in [2.45, 2.75) is 39.7 Å². The van der Waals surface area contributed by atoms with Crippen molar-refractivity contribution in [3.05, 3.63) is 23.8 Å². The van der Waals surface area contributed by atoms with E-state index in [0.717, 1.165) is 11.3 Å². The maximum Gasteiger partial charge on any atom is 0.306 e. The van der Waals surface area contributed by atoms with Crippen molar-refractivity contribution in [2.75, 3.05) is 13.7 Å². The van der Waals surface area contributed by atoms with Crippen LogP contribution in [0.25, 0.3) is 0 Å². The van der Waals surface area contributed by atoms with E-state index in [2.05, 4.69) is 0 Å². The Bertz CT molecular complexity index is 413. The third kappa shape index (κ3) is 5.20. The molecule has 1 aromatic carbocycles. The topological polar surface area (TPSA) is 44.8 Å². The Kier molecular flexibility index (Phi) is 6.19. The minimum absolute atomic E-state index is 0.0966. The van der Waals surface area contributed by atoms with Crippen LogP contribution in [-0.2, 0) is 16.0 Å². The molecule has 1 aromatic rings. The third-order valence-electron chi connectivity index (χ3n) is 2.51. The van der Waals surface area contributed by atoms with Crippen LogP contribution in [0.4, 0.5) is 0 Å². The number of rotatable bonds is 7. The molecule has 0 radical (unpaired) electrons. The summed E-state index contributed by atoms with van der Waals surface area (Å²) >= 11 is 0. The number of hydrogen-bond acceptors (Lipinski definition) is 4. The Morgan fingerprint density at radius 3 is 2.58 bits per heavy atom. The van der Waals surface area contributed by atoms with Gasteiger partial charge in [0.05, 0.1) is 19.8 Å².